The maximum absolute atomic E-state index is 5.05. The third-order valence-electron chi connectivity index (χ3n) is 1.66. The van der Waals surface area contributed by atoms with Crippen LogP contribution in [0, 0.1) is 5.51 Å². The van der Waals surface area contributed by atoms with E-state index in [1.807, 2.05) is 24.3 Å². The molecule has 0 spiro atoms. The van der Waals surface area contributed by atoms with Crippen molar-refractivity contribution in [3.63, 3.8) is 0 Å². The molecule has 0 aliphatic rings. The Balaban J connectivity index is 2.33. The SMILES string of the molecule is COc1ccc(-c2nn[c]s2)cc1. The molecular formula is C9H7N2OS. The molecule has 0 atom stereocenters. The quantitative estimate of drug-likeness (QED) is 0.728. The summed E-state index contributed by atoms with van der Waals surface area (Å²) >= 11 is 1.40. The second-order valence-corrected chi connectivity index (χ2v) is 3.20. The van der Waals surface area contributed by atoms with Crippen LogP contribution in [-0.4, -0.2) is 17.3 Å². The molecule has 13 heavy (non-hydrogen) atoms. The molecule has 0 fully saturated rings. The number of hydrogen-bond donors (Lipinski definition) is 0. The lowest BCUT2D eigenvalue weighted by molar-refractivity contribution is 0.415. The first-order chi connectivity index (χ1) is 6.40. The summed E-state index contributed by atoms with van der Waals surface area (Å²) < 4.78 is 5.05. The maximum atomic E-state index is 5.05. The number of nitrogens with zero attached hydrogens (tertiary/aromatic N) is 2. The van der Waals surface area contributed by atoms with Crippen molar-refractivity contribution in [3.8, 4) is 16.3 Å². The molecule has 3 nitrogen and oxygen atoms in total. The van der Waals surface area contributed by atoms with Crippen molar-refractivity contribution in [1.82, 2.24) is 10.2 Å². The molecule has 0 amide bonds. The van der Waals surface area contributed by atoms with Crippen molar-refractivity contribution in [2.45, 2.75) is 0 Å². The summed E-state index contributed by atoms with van der Waals surface area (Å²) in [7, 11) is 1.65. The molecule has 1 aromatic carbocycles. The third-order valence-corrected chi connectivity index (χ3v) is 2.34. The second-order valence-electron chi connectivity index (χ2n) is 2.43. The van der Waals surface area contributed by atoms with Crippen LogP contribution < -0.4 is 4.74 Å². The predicted octanol–water partition coefficient (Wildman–Crippen LogP) is 2.01. The van der Waals surface area contributed by atoms with Gasteiger partial charge in [-0.15, -0.1) is 10.2 Å². The molecule has 0 saturated carbocycles. The Morgan fingerprint density at radius 1 is 1.31 bits per heavy atom. The van der Waals surface area contributed by atoms with Gasteiger partial charge in [0.25, 0.3) is 0 Å². The Bertz CT molecular complexity index is 369. The molecule has 2 rings (SSSR count). The monoisotopic (exact) mass is 191 g/mol. The van der Waals surface area contributed by atoms with Crippen LogP contribution in [0.4, 0.5) is 0 Å². The minimum absolute atomic E-state index is 0.845. The standard InChI is InChI=1S/C9H7N2OS/c1-12-8-4-2-7(3-5-8)9-11-10-6-13-9/h2-5H,1H3. The van der Waals surface area contributed by atoms with Gasteiger partial charge in [0, 0.05) is 5.56 Å². The fourth-order valence-electron chi connectivity index (χ4n) is 1.00. The van der Waals surface area contributed by atoms with Gasteiger partial charge in [-0.05, 0) is 24.3 Å². The third kappa shape index (κ3) is 1.67. The highest BCUT2D eigenvalue weighted by Crippen LogP contribution is 2.22. The minimum Gasteiger partial charge on any atom is -0.497 e. The first-order valence-corrected chi connectivity index (χ1v) is 4.56. The summed E-state index contributed by atoms with van der Waals surface area (Å²) in [6.45, 7) is 0. The van der Waals surface area contributed by atoms with Crippen LogP contribution in [0.3, 0.4) is 0 Å². The zero-order chi connectivity index (χ0) is 9.10. The lowest BCUT2D eigenvalue weighted by atomic mass is 10.2. The van der Waals surface area contributed by atoms with Gasteiger partial charge in [0.1, 0.15) is 10.8 Å². The second kappa shape index (κ2) is 3.53. The maximum Gasteiger partial charge on any atom is 0.178 e. The molecular weight excluding hydrogens is 184 g/mol. The van der Waals surface area contributed by atoms with Crippen molar-refractivity contribution >= 4 is 11.3 Å². The van der Waals surface area contributed by atoms with E-state index in [0.717, 1.165) is 16.3 Å². The molecule has 1 radical (unpaired) electrons. The number of hydrogen-bond acceptors (Lipinski definition) is 4. The van der Waals surface area contributed by atoms with Crippen LogP contribution in [-0.2, 0) is 0 Å². The summed E-state index contributed by atoms with van der Waals surface area (Å²) in [6.07, 6.45) is 0. The molecule has 2 aromatic rings. The van der Waals surface area contributed by atoms with Gasteiger partial charge in [-0.3, -0.25) is 0 Å². The fourth-order valence-corrected chi connectivity index (χ4v) is 1.50. The lowest BCUT2D eigenvalue weighted by Gasteiger charge is -1.99. The van der Waals surface area contributed by atoms with E-state index in [4.69, 9.17) is 4.74 Å². The molecule has 0 aliphatic carbocycles. The van der Waals surface area contributed by atoms with Gasteiger partial charge in [-0.1, -0.05) is 11.3 Å². The zero-order valence-electron chi connectivity index (χ0n) is 7.02. The first kappa shape index (κ1) is 8.19. The van der Waals surface area contributed by atoms with E-state index >= 15 is 0 Å². The van der Waals surface area contributed by atoms with E-state index in [9.17, 15) is 0 Å². The van der Waals surface area contributed by atoms with Crippen LogP contribution in [0.15, 0.2) is 24.3 Å². The summed E-state index contributed by atoms with van der Waals surface area (Å²) in [5, 5.41) is 8.44. The molecule has 0 unspecified atom stereocenters. The molecule has 4 heteroatoms. The summed E-state index contributed by atoms with van der Waals surface area (Å²) in [4.78, 5) is 0. The van der Waals surface area contributed by atoms with Gasteiger partial charge in [0.05, 0.1) is 7.11 Å². The zero-order valence-corrected chi connectivity index (χ0v) is 7.84. The van der Waals surface area contributed by atoms with E-state index in [1.54, 1.807) is 7.11 Å². The van der Waals surface area contributed by atoms with E-state index in [0.29, 0.717) is 0 Å². The number of rotatable bonds is 2. The van der Waals surface area contributed by atoms with Crippen molar-refractivity contribution in [3.05, 3.63) is 29.8 Å². The van der Waals surface area contributed by atoms with Crippen LogP contribution in [0.25, 0.3) is 10.6 Å². The van der Waals surface area contributed by atoms with Gasteiger partial charge in [0.15, 0.2) is 5.51 Å². The van der Waals surface area contributed by atoms with Gasteiger partial charge < -0.3 is 4.74 Å². The molecule has 0 bridgehead atoms. The van der Waals surface area contributed by atoms with Gasteiger partial charge in [-0.25, -0.2) is 0 Å². The Morgan fingerprint density at radius 3 is 2.62 bits per heavy atom. The van der Waals surface area contributed by atoms with Crippen LogP contribution in [0.2, 0.25) is 0 Å². The van der Waals surface area contributed by atoms with Crippen molar-refractivity contribution in [2.75, 3.05) is 7.11 Å². The average molecular weight is 191 g/mol. The number of aromatic nitrogens is 2. The molecule has 0 aliphatic heterocycles. The Morgan fingerprint density at radius 2 is 2.08 bits per heavy atom. The predicted molar refractivity (Wildman–Crippen MR) is 50.7 cm³/mol. The molecule has 1 aromatic heterocycles. The smallest absolute Gasteiger partial charge is 0.178 e. The highest BCUT2D eigenvalue weighted by atomic mass is 32.1. The summed E-state index contributed by atoms with van der Waals surface area (Å²) in [6, 6.07) is 7.70. The molecule has 1 heterocycles. The van der Waals surface area contributed by atoms with E-state index in [2.05, 4.69) is 15.7 Å². The highest BCUT2D eigenvalue weighted by Gasteiger charge is 2.00. The van der Waals surface area contributed by atoms with Crippen LogP contribution in [0.1, 0.15) is 0 Å². The van der Waals surface area contributed by atoms with Gasteiger partial charge >= 0.3 is 0 Å². The van der Waals surface area contributed by atoms with Crippen LogP contribution >= 0.6 is 11.3 Å². The first-order valence-electron chi connectivity index (χ1n) is 3.74. The molecule has 0 saturated heterocycles. The van der Waals surface area contributed by atoms with E-state index in [1.165, 1.54) is 11.3 Å². The highest BCUT2D eigenvalue weighted by molar-refractivity contribution is 7.12. The fraction of sp³-hybridized carbons (Fsp3) is 0.111. The summed E-state index contributed by atoms with van der Waals surface area (Å²) in [5.74, 6) is 0.845. The van der Waals surface area contributed by atoms with Crippen molar-refractivity contribution in [2.24, 2.45) is 0 Å². The van der Waals surface area contributed by atoms with Gasteiger partial charge in [0.2, 0.25) is 0 Å². The van der Waals surface area contributed by atoms with Crippen molar-refractivity contribution in [1.29, 1.82) is 0 Å². The van der Waals surface area contributed by atoms with Crippen LogP contribution in [0.5, 0.6) is 5.75 Å². The number of methoxy groups -OCH3 is 1. The lowest BCUT2D eigenvalue weighted by Crippen LogP contribution is -1.82. The summed E-state index contributed by atoms with van der Waals surface area (Å²) in [5.41, 5.74) is 3.75. The Labute approximate surface area is 80.0 Å². The topological polar surface area (TPSA) is 35.0 Å². The van der Waals surface area contributed by atoms with E-state index in [-0.39, 0.29) is 0 Å². The Hall–Kier alpha value is -1.42. The minimum atomic E-state index is 0.845. The number of ether oxygens (including phenoxy) is 1. The normalized spacial score (nSPS) is 9.92. The largest absolute Gasteiger partial charge is 0.497 e. The molecule has 0 N–H and O–H groups in total. The van der Waals surface area contributed by atoms with E-state index < -0.39 is 0 Å². The molecule has 65 valence electrons. The Kier molecular flexibility index (Phi) is 2.23. The van der Waals surface area contributed by atoms with Crippen molar-refractivity contribution < 1.29 is 4.74 Å². The number of benzene rings is 1. The average Bonchev–Trinajstić information content (AvgIpc) is 2.71. The van der Waals surface area contributed by atoms with Gasteiger partial charge in [-0.2, -0.15) is 0 Å².